The molecule has 0 saturated carbocycles. The number of aryl methyl sites for hydroxylation is 2. The van der Waals surface area contributed by atoms with E-state index in [0.717, 1.165) is 43.1 Å². The standard InChI is InChI=1S/C17H29N3O3S/c1-14-13-17(15(2)12-16(14)23-5)24(21,22)20-10-8-19(9-11-20)7-6-18(3)4/h12-13H,6-11H2,1-5H3. The van der Waals surface area contributed by atoms with E-state index >= 15 is 0 Å². The molecule has 7 heteroatoms. The molecule has 2 rings (SSSR count). The molecule has 0 radical (unpaired) electrons. The maximum Gasteiger partial charge on any atom is 0.243 e. The van der Waals surface area contributed by atoms with Crippen LogP contribution < -0.4 is 4.74 Å². The van der Waals surface area contributed by atoms with Crippen LogP contribution in [0.25, 0.3) is 0 Å². The van der Waals surface area contributed by atoms with Crippen LogP contribution in [0.3, 0.4) is 0 Å². The van der Waals surface area contributed by atoms with Crippen molar-refractivity contribution in [3.8, 4) is 5.75 Å². The number of sulfonamides is 1. The third kappa shape index (κ3) is 4.27. The first-order valence-electron chi connectivity index (χ1n) is 8.28. The van der Waals surface area contributed by atoms with E-state index in [1.54, 1.807) is 23.5 Å². The number of benzene rings is 1. The Kier molecular flexibility index (Phi) is 6.25. The van der Waals surface area contributed by atoms with Crippen molar-refractivity contribution in [2.45, 2.75) is 18.7 Å². The zero-order chi connectivity index (χ0) is 17.9. The van der Waals surface area contributed by atoms with Gasteiger partial charge in [-0.3, -0.25) is 4.90 Å². The lowest BCUT2D eigenvalue weighted by Gasteiger charge is -2.34. The number of hydrogen-bond acceptors (Lipinski definition) is 5. The van der Waals surface area contributed by atoms with Crippen LogP contribution in [0, 0.1) is 13.8 Å². The third-order valence-electron chi connectivity index (χ3n) is 4.50. The predicted molar refractivity (Wildman–Crippen MR) is 96.2 cm³/mol. The summed E-state index contributed by atoms with van der Waals surface area (Å²) < 4.78 is 32.9. The minimum Gasteiger partial charge on any atom is -0.496 e. The highest BCUT2D eigenvalue weighted by atomic mass is 32.2. The monoisotopic (exact) mass is 355 g/mol. The van der Waals surface area contributed by atoms with Gasteiger partial charge in [-0.2, -0.15) is 4.31 Å². The smallest absolute Gasteiger partial charge is 0.243 e. The van der Waals surface area contributed by atoms with Gasteiger partial charge < -0.3 is 9.64 Å². The summed E-state index contributed by atoms with van der Waals surface area (Å²) in [6.07, 6.45) is 0. The molecule has 0 spiro atoms. The predicted octanol–water partition coefficient (Wildman–Crippen LogP) is 1.18. The van der Waals surface area contributed by atoms with Gasteiger partial charge in [0, 0.05) is 39.3 Å². The molecule has 0 bridgehead atoms. The van der Waals surface area contributed by atoms with Gasteiger partial charge in [-0.25, -0.2) is 8.42 Å². The molecule has 0 amide bonds. The molecule has 1 aromatic carbocycles. The largest absolute Gasteiger partial charge is 0.496 e. The van der Waals surface area contributed by atoms with Crippen LogP contribution in [0.2, 0.25) is 0 Å². The molecule has 1 aliphatic heterocycles. The van der Waals surface area contributed by atoms with Gasteiger partial charge >= 0.3 is 0 Å². The van der Waals surface area contributed by atoms with Gasteiger partial charge in [0.05, 0.1) is 12.0 Å². The quantitative estimate of drug-likeness (QED) is 0.767. The van der Waals surface area contributed by atoms with E-state index in [1.807, 2.05) is 13.8 Å². The van der Waals surface area contributed by atoms with E-state index in [9.17, 15) is 8.42 Å². The van der Waals surface area contributed by atoms with Crippen LogP contribution in [0.4, 0.5) is 0 Å². The molecule has 136 valence electrons. The summed E-state index contributed by atoms with van der Waals surface area (Å²) in [5, 5.41) is 0. The molecule has 1 aliphatic rings. The Balaban J connectivity index is 2.11. The van der Waals surface area contributed by atoms with E-state index in [0.29, 0.717) is 18.0 Å². The van der Waals surface area contributed by atoms with Crippen LogP contribution >= 0.6 is 0 Å². The van der Waals surface area contributed by atoms with Crippen LogP contribution in [0.1, 0.15) is 11.1 Å². The first kappa shape index (κ1) is 19.2. The number of ether oxygens (including phenoxy) is 1. The van der Waals surface area contributed by atoms with Crippen LogP contribution in [-0.2, 0) is 10.0 Å². The van der Waals surface area contributed by atoms with Gasteiger partial charge in [-0.05, 0) is 51.2 Å². The van der Waals surface area contributed by atoms with Crippen molar-refractivity contribution in [2.75, 3.05) is 60.5 Å². The van der Waals surface area contributed by atoms with Gasteiger partial charge in [0.15, 0.2) is 0 Å². The molecule has 0 unspecified atom stereocenters. The van der Waals surface area contributed by atoms with Gasteiger partial charge in [0.25, 0.3) is 0 Å². The molecule has 1 aromatic rings. The van der Waals surface area contributed by atoms with Gasteiger partial charge in [-0.15, -0.1) is 0 Å². The highest BCUT2D eigenvalue weighted by Crippen LogP contribution is 2.28. The lowest BCUT2D eigenvalue weighted by molar-refractivity contribution is 0.174. The van der Waals surface area contributed by atoms with Gasteiger partial charge in [0.2, 0.25) is 10.0 Å². The van der Waals surface area contributed by atoms with E-state index in [1.165, 1.54) is 0 Å². The second kappa shape index (κ2) is 7.82. The van der Waals surface area contributed by atoms with Crippen LogP contribution in [0.5, 0.6) is 5.75 Å². The van der Waals surface area contributed by atoms with Crippen LogP contribution in [0.15, 0.2) is 17.0 Å². The van der Waals surface area contributed by atoms with E-state index < -0.39 is 10.0 Å². The van der Waals surface area contributed by atoms with Crippen molar-refractivity contribution >= 4 is 10.0 Å². The zero-order valence-corrected chi connectivity index (χ0v) is 16.2. The number of methoxy groups -OCH3 is 1. The molecular formula is C17H29N3O3S. The summed E-state index contributed by atoms with van der Waals surface area (Å²) in [6, 6.07) is 3.53. The van der Waals surface area contributed by atoms with Crippen molar-refractivity contribution < 1.29 is 13.2 Å². The molecule has 1 heterocycles. The molecule has 1 saturated heterocycles. The van der Waals surface area contributed by atoms with E-state index in [-0.39, 0.29) is 0 Å². The summed E-state index contributed by atoms with van der Waals surface area (Å²) in [5.74, 6) is 0.722. The Labute approximate surface area is 146 Å². The molecule has 0 aliphatic carbocycles. The van der Waals surface area contributed by atoms with Crippen molar-refractivity contribution in [1.29, 1.82) is 0 Å². The second-order valence-electron chi connectivity index (χ2n) is 6.64. The minimum atomic E-state index is -3.45. The summed E-state index contributed by atoms with van der Waals surface area (Å²) in [7, 11) is 2.25. The topological polar surface area (TPSA) is 53.1 Å². The number of rotatable bonds is 6. The maximum absolute atomic E-state index is 13.0. The fourth-order valence-corrected chi connectivity index (χ4v) is 4.65. The molecule has 0 N–H and O–H groups in total. The SMILES string of the molecule is COc1cc(C)c(S(=O)(=O)N2CCN(CCN(C)C)CC2)cc1C. The van der Waals surface area contributed by atoms with Crippen molar-refractivity contribution in [3.63, 3.8) is 0 Å². The van der Waals surface area contributed by atoms with E-state index in [4.69, 9.17) is 4.74 Å². The Morgan fingerprint density at radius 1 is 1.08 bits per heavy atom. The minimum absolute atomic E-state index is 0.391. The Morgan fingerprint density at radius 2 is 1.71 bits per heavy atom. The summed E-state index contributed by atoms with van der Waals surface area (Å²) in [4.78, 5) is 4.85. The highest BCUT2D eigenvalue weighted by Gasteiger charge is 2.30. The van der Waals surface area contributed by atoms with Gasteiger partial charge in [0.1, 0.15) is 5.75 Å². The second-order valence-corrected chi connectivity index (χ2v) is 8.54. The molecule has 1 fully saturated rings. The average Bonchev–Trinajstić information content (AvgIpc) is 2.54. The van der Waals surface area contributed by atoms with Crippen molar-refractivity contribution in [1.82, 2.24) is 14.1 Å². The van der Waals surface area contributed by atoms with Crippen LogP contribution in [-0.4, -0.2) is 83.0 Å². The first-order chi connectivity index (χ1) is 11.3. The molecule has 24 heavy (non-hydrogen) atoms. The zero-order valence-electron chi connectivity index (χ0n) is 15.4. The van der Waals surface area contributed by atoms with Gasteiger partial charge in [-0.1, -0.05) is 0 Å². The Morgan fingerprint density at radius 3 is 2.25 bits per heavy atom. The van der Waals surface area contributed by atoms with E-state index in [2.05, 4.69) is 23.9 Å². The fraction of sp³-hybridized carbons (Fsp3) is 0.647. The lowest BCUT2D eigenvalue weighted by atomic mass is 10.1. The summed E-state index contributed by atoms with van der Waals surface area (Å²) in [5.41, 5.74) is 1.57. The lowest BCUT2D eigenvalue weighted by Crippen LogP contribution is -2.49. The summed E-state index contributed by atoms with van der Waals surface area (Å²) >= 11 is 0. The molecule has 0 aromatic heterocycles. The Bertz CT molecular complexity index is 666. The number of hydrogen-bond donors (Lipinski definition) is 0. The number of nitrogens with zero attached hydrogens (tertiary/aromatic N) is 3. The van der Waals surface area contributed by atoms with Crippen molar-refractivity contribution in [3.05, 3.63) is 23.3 Å². The third-order valence-corrected chi connectivity index (χ3v) is 6.55. The average molecular weight is 356 g/mol. The summed E-state index contributed by atoms with van der Waals surface area (Å²) in [6.45, 7) is 8.30. The number of piperazine rings is 1. The van der Waals surface area contributed by atoms with Crippen molar-refractivity contribution in [2.24, 2.45) is 0 Å². The normalized spacial score (nSPS) is 17.4. The molecular weight excluding hydrogens is 326 g/mol. The fourth-order valence-electron chi connectivity index (χ4n) is 2.94. The number of likely N-dealkylation sites (N-methyl/N-ethyl adjacent to an activating group) is 1. The highest BCUT2D eigenvalue weighted by molar-refractivity contribution is 7.89. The first-order valence-corrected chi connectivity index (χ1v) is 9.72. The maximum atomic E-state index is 13.0. The molecule has 0 atom stereocenters. The molecule has 6 nitrogen and oxygen atoms in total. The Hall–Kier alpha value is -1.15.